The summed E-state index contributed by atoms with van der Waals surface area (Å²) in [4.78, 5) is 20.8. The Morgan fingerprint density at radius 2 is 1.83 bits per heavy atom. The van der Waals surface area contributed by atoms with Gasteiger partial charge in [-0.25, -0.2) is 8.42 Å². The number of nitro groups is 1. The van der Waals surface area contributed by atoms with Crippen LogP contribution >= 0.6 is 0 Å². The van der Waals surface area contributed by atoms with E-state index < -0.39 is 26.0 Å². The monoisotopic (exact) mass is 359 g/mol. The number of carbonyl (C=O) groups excluding carboxylic acids is 1. The van der Waals surface area contributed by atoms with Gasteiger partial charge in [0.25, 0.3) is 5.69 Å². The van der Waals surface area contributed by atoms with E-state index in [1.807, 2.05) is 0 Å². The lowest BCUT2D eigenvalue weighted by Gasteiger charge is -2.17. The van der Waals surface area contributed by atoms with E-state index in [1.165, 1.54) is 19.1 Å². The second kappa shape index (κ2) is 9.33. The molecule has 9 heteroatoms. The number of nitrogens with zero attached hydrogens (tertiary/aromatic N) is 1. The largest absolute Gasteiger partial charge is 0.466 e. The van der Waals surface area contributed by atoms with Crippen molar-refractivity contribution in [3.05, 3.63) is 34.4 Å². The van der Waals surface area contributed by atoms with Gasteiger partial charge in [0, 0.05) is 25.7 Å². The Morgan fingerprint density at radius 3 is 2.33 bits per heavy atom. The number of nitro benzene ring substituents is 1. The number of esters is 1. The number of non-ortho nitro benzene ring substituents is 1. The molecule has 0 aliphatic rings. The second-order valence-corrected chi connectivity index (χ2v) is 7.49. The van der Waals surface area contributed by atoms with E-state index in [2.05, 4.69) is 0 Å². The van der Waals surface area contributed by atoms with Gasteiger partial charge in [-0.05, 0) is 37.8 Å². The Balaban J connectivity index is 2.88. The fourth-order valence-electron chi connectivity index (χ4n) is 2.25. The van der Waals surface area contributed by atoms with Gasteiger partial charge in [-0.3, -0.25) is 14.9 Å². The van der Waals surface area contributed by atoms with Gasteiger partial charge < -0.3 is 9.84 Å². The molecule has 0 fully saturated rings. The zero-order valence-corrected chi connectivity index (χ0v) is 14.2. The van der Waals surface area contributed by atoms with Gasteiger partial charge in [0.1, 0.15) is 0 Å². The van der Waals surface area contributed by atoms with Crippen molar-refractivity contribution >= 4 is 21.5 Å². The molecule has 8 nitrogen and oxygen atoms in total. The van der Waals surface area contributed by atoms with Crippen molar-refractivity contribution in [1.82, 2.24) is 0 Å². The molecule has 1 aromatic carbocycles. The fourth-order valence-corrected chi connectivity index (χ4v) is 4.10. The average Bonchev–Trinajstić information content (AvgIpc) is 2.53. The van der Waals surface area contributed by atoms with Gasteiger partial charge in [-0.15, -0.1) is 0 Å². The standard InChI is InChI=1S/C15H21NO7S/c1-12(18)23-11-3-5-14(4-2-10-17)24(21,22)15-8-6-13(7-9-15)16(19)20/h6-9,14,17H,2-5,10-11H2,1H3/t14-/m0/s1. The predicted molar refractivity (Wildman–Crippen MR) is 86.3 cm³/mol. The molecule has 0 radical (unpaired) electrons. The Bertz CT molecular complexity index is 655. The summed E-state index contributed by atoms with van der Waals surface area (Å²) in [6.07, 6.45) is 1.23. The van der Waals surface area contributed by atoms with Gasteiger partial charge >= 0.3 is 5.97 Å². The normalized spacial score (nSPS) is 12.6. The van der Waals surface area contributed by atoms with E-state index >= 15 is 0 Å². The molecule has 0 unspecified atom stereocenters. The van der Waals surface area contributed by atoms with Crippen LogP contribution in [-0.2, 0) is 19.4 Å². The number of aliphatic hydroxyl groups is 1. The molecule has 1 N–H and O–H groups in total. The third kappa shape index (κ3) is 5.89. The minimum Gasteiger partial charge on any atom is -0.466 e. The highest BCUT2D eigenvalue weighted by Crippen LogP contribution is 2.25. The van der Waals surface area contributed by atoms with Gasteiger partial charge in [-0.1, -0.05) is 0 Å². The lowest BCUT2D eigenvalue weighted by atomic mass is 10.1. The van der Waals surface area contributed by atoms with E-state index in [1.54, 1.807) is 0 Å². The Morgan fingerprint density at radius 1 is 1.25 bits per heavy atom. The van der Waals surface area contributed by atoms with Crippen LogP contribution in [0.25, 0.3) is 0 Å². The average molecular weight is 359 g/mol. The van der Waals surface area contributed by atoms with Crippen molar-refractivity contribution in [3.8, 4) is 0 Å². The zero-order valence-electron chi connectivity index (χ0n) is 13.4. The maximum Gasteiger partial charge on any atom is 0.302 e. The molecule has 1 rings (SSSR count). The van der Waals surface area contributed by atoms with E-state index in [9.17, 15) is 23.3 Å². The quantitative estimate of drug-likeness (QED) is 0.292. The third-order valence-electron chi connectivity index (χ3n) is 3.47. The molecule has 0 aliphatic heterocycles. The van der Waals surface area contributed by atoms with Crippen LogP contribution in [0.15, 0.2) is 29.2 Å². The first-order valence-electron chi connectivity index (χ1n) is 7.51. The molecule has 0 saturated heterocycles. The second-order valence-electron chi connectivity index (χ2n) is 5.27. The maximum absolute atomic E-state index is 12.7. The lowest BCUT2D eigenvalue weighted by molar-refractivity contribution is -0.384. The molecular formula is C15H21NO7S. The summed E-state index contributed by atoms with van der Waals surface area (Å²) in [6.45, 7) is 1.27. The van der Waals surface area contributed by atoms with E-state index in [-0.39, 0.29) is 36.6 Å². The molecule has 1 aromatic rings. The molecule has 0 heterocycles. The van der Waals surface area contributed by atoms with Gasteiger partial charge in [0.2, 0.25) is 0 Å². The highest BCUT2D eigenvalue weighted by molar-refractivity contribution is 7.92. The first-order valence-corrected chi connectivity index (χ1v) is 9.06. The van der Waals surface area contributed by atoms with Crippen molar-refractivity contribution < 1.29 is 28.0 Å². The van der Waals surface area contributed by atoms with Crippen molar-refractivity contribution in [2.45, 2.75) is 42.8 Å². The molecule has 0 bridgehead atoms. The van der Waals surface area contributed by atoms with Crippen molar-refractivity contribution in [2.75, 3.05) is 13.2 Å². The number of hydrogen-bond acceptors (Lipinski definition) is 7. The van der Waals surface area contributed by atoms with Crippen LogP contribution in [0.4, 0.5) is 5.69 Å². The summed E-state index contributed by atoms with van der Waals surface area (Å²) in [6, 6.07) is 4.72. The minimum absolute atomic E-state index is 0.00326. The highest BCUT2D eigenvalue weighted by Gasteiger charge is 2.27. The number of sulfone groups is 1. The molecule has 1 atom stereocenters. The van der Waals surface area contributed by atoms with Crippen LogP contribution in [0.2, 0.25) is 0 Å². The number of ether oxygens (including phenoxy) is 1. The smallest absolute Gasteiger partial charge is 0.302 e. The minimum atomic E-state index is -3.69. The molecular weight excluding hydrogens is 338 g/mol. The molecule has 0 amide bonds. The number of hydrogen-bond donors (Lipinski definition) is 1. The topological polar surface area (TPSA) is 124 Å². The highest BCUT2D eigenvalue weighted by atomic mass is 32.2. The van der Waals surface area contributed by atoms with Crippen LogP contribution in [0.1, 0.15) is 32.6 Å². The van der Waals surface area contributed by atoms with Crippen LogP contribution in [-0.4, -0.2) is 42.9 Å². The van der Waals surface area contributed by atoms with Gasteiger partial charge in [0.15, 0.2) is 9.84 Å². The van der Waals surface area contributed by atoms with E-state index in [4.69, 9.17) is 9.84 Å². The molecule has 0 aromatic heterocycles. The van der Waals surface area contributed by atoms with Crippen molar-refractivity contribution in [1.29, 1.82) is 0 Å². The first-order chi connectivity index (χ1) is 11.3. The number of benzene rings is 1. The summed E-state index contributed by atoms with van der Waals surface area (Å²) in [5.41, 5.74) is -0.185. The molecule has 0 aliphatic carbocycles. The van der Waals surface area contributed by atoms with Gasteiger partial charge in [-0.2, -0.15) is 0 Å². The van der Waals surface area contributed by atoms with Crippen LogP contribution in [0.5, 0.6) is 0 Å². The fraction of sp³-hybridized carbons (Fsp3) is 0.533. The summed E-state index contributed by atoms with van der Waals surface area (Å²) in [5, 5.41) is 18.9. The molecule has 0 spiro atoms. The molecule has 24 heavy (non-hydrogen) atoms. The molecule has 0 saturated carbocycles. The summed E-state index contributed by atoms with van der Waals surface area (Å²) in [5.74, 6) is -0.430. The van der Waals surface area contributed by atoms with Crippen LogP contribution < -0.4 is 0 Å². The number of carbonyl (C=O) groups is 1. The van der Waals surface area contributed by atoms with Crippen LogP contribution in [0.3, 0.4) is 0 Å². The Hall–Kier alpha value is -2.00. The molecule has 134 valence electrons. The third-order valence-corrected chi connectivity index (χ3v) is 5.75. The summed E-state index contributed by atoms with van der Waals surface area (Å²) >= 11 is 0. The maximum atomic E-state index is 12.7. The van der Waals surface area contributed by atoms with E-state index in [0.717, 1.165) is 12.1 Å². The number of rotatable bonds is 10. The predicted octanol–water partition coefficient (Wildman–Crippen LogP) is 1.85. The van der Waals surface area contributed by atoms with E-state index in [0.29, 0.717) is 12.8 Å². The Kier molecular flexibility index (Phi) is 7.80. The zero-order chi connectivity index (χ0) is 18.2. The lowest BCUT2D eigenvalue weighted by Crippen LogP contribution is -2.23. The van der Waals surface area contributed by atoms with Crippen LogP contribution in [0, 0.1) is 10.1 Å². The van der Waals surface area contributed by atoms with Crippen molar-refractivity contribution in [2.24, 2.45) is 0 Å². The summed E-state index contributed by atoms with van der Waals surface area (Å²) < 4.78 is 30.2. The van der Waals surface area contributed by atoms with Gasteiger partial charge in [0.05, 0.1) is 21.7 Å². The number of aliphatic hydroxyl groups excluding tert-OH is 1. The first kappa shape index (κ1) is 20.0. The van der Waals surface area contributed by atoms with Crippen molar-refractivity contribution in [3.63, 3.8) is 0 Å². The SMILES string of the molecule is CC(=O)OCCC[C@H](CCCO)S(=O)(=O)c1ccc([N+](=O)[O-])cc1. The Labute approximate surface area is 140 Å². The summed E-state index contributed by atoms with van der Waals surface area (Å²) in [7, 11) is -3.69.